The lowest BCUT2D eigenvalue weighted by Crippen LogP contribution is -2.45. The van der Waals surface area contributed by atoms with E-state index in [0.717, 1.165) is 49.5 Å². The molecule has 7 heteroatoms. The largest absolute Gasteiger partial charge is 0.353 e. The van der Waals surface area contributed by atoms with Gasteiger partial charge < -0.3 is 14.8 Å². The van der Waals surface area contributed by atoms with E-state index < -0.39 is 0 Å². The zero-order valence-corrected chi connectivity index (χ0v) is 15.2. The van der Waals surface area contributed by atoms with Crippen LogP contribution in [0.25, 0.3) is 0 Å². The number of likely N-dealkylation sites (tertiary alicyclic amines) is 1. The van der Waals surface area contributed by atoms with E-state index in [1.165, 1.54) is 37.4 Å². The van der Waals surface area contributed by atoms with Gasteiger partial charge in [-0.1, -0.05) is 11.8 Å². The molecule has 1 aromatic rings. The van der Waals surface area contributed by atoms with Crippen molar-refractivity contribution in [2.75, 3.05) is 18.8 Å². The lowest BCUT2D eigenvalue weighted by Gasteiger charge is -2.32. The summed E-state index contributed by atoms with van der Waals surface area (Å²) in [6, 6.07) is 1.19. The fraction of sp³-hybridized carbons (Fsp3) is 0.824. The van der Waals surface area contributed by atoms with Gasteiger partial charge in [-0.25, -0.2) is 0 Å². The molecule has 4 rings (SSSR count). The first kappa shape index (κ1) is 16.4. The summed E-state index contributed by atoms with van der Waals surface area (Å²) in [6.07, 6.45) is 7.36. The van der Waals surface area contributed by atoms with Gasteiger partial charge in [0.25, 0.3) is 0 Å². The van der Waals surface area contributed by atoms with Crippen LogP contribution in [0.3, 0.4) is 0 Å². The number of piperidine rings is 1. The molecule has 1 N–H and O–H groups in total. The zero-order valence-electron chi connectivity index (χ0n) is 14.4. The number of carbonyl (C=O) groups is 1. The third-order valence-electron chi connectivity index (χ3n) is 5.29. The number of thioether (sulfide) groups is 1. The molecule has 0 radical (unpaired) electrons. The maximum Gasteiger partial charge on any atom is 0.230 e. The Morgan fingerprint density at radius 1 is 1.17 bits per heavy atom. The molecule has 3 aliphatic rings. The third kappa shape index (κ3) is 3.77. The molecule has 0 aromatic carbocycles. The number of nitrogens with zero attached hydrogens (tertiary/aromatic N) is 4. The van der Waals surface area contributed by atoms with Crippen LogP contribution >= 0.6 is 11.8 Å². The molecular weight excluding hydrogens is 322 g/mol. The average Bonchev–Trinajstić information content (AvgIpc) is 3.51. The minimum atomic E-state index is 0.128. The predicted molar refractivity (Wildman–Crippen MR) is 94.2 cm³/mol. The first-order valence-electron chi connectivity index (χ1n) is 9.34. The highest BCUT2D eigenvalue weighted by atomic mass is 32.2. The second-order valence-corrected chi connectivity index (χ2v) is 8.20. The molecule has 24 heavy (non-hydrogen) atoms. The van der Waals surface area contributed by atoms with Gasteiger partial charge in [0.1, 0.15) is 5.82 Å². The fourth-order valence-electron chi connectivity index (χ4n) is 3.60. The van der Waals surface area contributed by atoms with Crippen molar-refractivity contribution < 1.29 is 4.79 Å². The van der Waals surface area contributed by atoms with Crippen LogP contribution in [0.1, 0.15) is 57.2 Å². The number of carbonyl (C=O) groups excluding carboxylic acids is 1. The van der Waals surface area contributed by atoms with Crippen LogP contribution in [0.5, 0.6) is 0 Å². The smallest absolute Gasteiger partial charge is 0.230 e. The topological polar surface area (TPSA) is 63.1 Å². The molecule has 1 amide bonds. The van der Waals surface area contributed by atoms with E-state index in [1.807, 2.05) is 0 Å². The van der Waals surface area contributed by atoms with Crippen molar-refractivity contribution in [2.45, 2.75) is 75.2 Å². The Labute approximate surface area is 147 Å². The van der Waals surface area contributed by atoms with Gasteiger partial charge in [0.15, 0.2) is 5.16 Å². The van der Waals surface area contributed by atoms with Crippen LogP contribution in [-0.4, -0.2) is 56.5 Å². The third-order valence-corrected chi connectivity index (χ3v) is 6.26. The normalized spacial score (nSPS) is 22.7. The van der Waals surface area contributed by atoms with Gasteiger partial charge >= 0.3 is 0 Å². The molecule has 1 saturated heterocycles. The molecule has 1 aliphatic heterocycles. The van der Waals surface area contributed by atoms with Crippen molar-refractivity contribution >= 4 is 17.7 Å². The van der Waals surface area contributed by atoms with Gasteiger partial charge in [-0.15, -0.1) is 10.2 Å². The second kappa shape index (κ2) is 7.04. The van der Waals surface area contributed by atoms with Gasteiger partial charge in [0.2, 0.25) is 5.91 Å². The number of hydrogen-bond donors (Lipinski definition) is 1. The molecule has 2 aliphatic carbocycles. The fourth-order valence-corrected chi connectivity index (χ4v) is 4.42. The van der Waals surface area contributed by atoms with Crippen LogP contribution in [0, 0.1) is 0 Å². The van der Waals surface area contributed by atoms with Crippen LogP contribution in [0.15, 0.2) is 5.16 Å². The van der Waals surface area contributed by atoms with E-state index in [9.17, 15) is 4.79 Å². The van der Waals surface area contributed by atoms with E-state index in [0.29, 0.717) is 17.7 Å². The number of nitrogens with one attached hydrogen (secondary N) is 1. The highest BCUT2D eigenvalue weighted by molar-refractivity contribution is 7.99. The van der Waals surface area contributed by atoms with E-state index in [-0.39, 0.29) is 5.91 Å². The number of rotatable bonds is 7. The summed E-state index contributed by atoms with van der Waals surface area (Å²) in [7, 11) is 0. The number of hydrogen-bond acceptors (Lipinski definition) is 5. The molecule has 0 atom stereocenters. The quantitative estimate of drug-likeness (QED) is 0.763. The SMILES string of the molecule is CCn1c(SCC(=O)NC2CCN(C3CC3)CC2)nnc1C1CC1. The molecule has 0 spiro atoms. The summed E-state index contributed by atoms with van der Waals surface area (Å²) < 4.78 is 2.17. The lowest BCUT2D eigenvalue weighted by atomic mass is 10.1. The molecule has 6 nitrogen and oxygen atoms in total. The Balaban J connectivity index is 1.23. The predicted octanol–water partition coefficient (Wildman–Crippen LogP) is 2.01. The maximum atomic E-state index is 12.3. The van der Waals surface area contributed by atoms with E-state index in [4.69, 9.17) is 0 Å². The highest BCUT2D eigenvalue weighted by Crippen LogP contribution is 2.40. The van der Waals surface area contributed by atoms with Crippen molar-refractivity contribution in [3.8, 4) is 0 Å². The van der Waals surface area contributed by atoms with Gasteiger partial charge in [-0.3, -0.25) is 4.79 Å². The molecule has 1 aromatic heterocycles. The van der Waals surface area contributed by atoms with Gasteiger partial charge in [-0.05, 0) is 45.4 Å². The summed E-state index contributed by atoms with van der Waals surface area (Å²) in [5.41, 5.74) is 0. The van der Waals surface area contributed by atoms with Crippen molar-refractivity contribution in [3.63, 3.8) is 0 Å². The second-order valence-electron chi connectivity index (χ2n) is 7.26. The standard InChI is InChI=1S/C17H27N5OS/c1-2-22-16(12-3-4-12)19-20-17(22)24-11-15(23)18-13-7-9-21(10-8-13)14-5-6-14/h12-14H,2-11H2,1H3,(H,18,23). The van der Waals surface area contributed by atoms with E-state index in [2.05, 4.69) is 31.9 Å². The Morgan fingerprint density at radius 2 is 1.92 bits per heavy atom. The molecule has 0 bridgehead atoms. The molecule has 3 fully saturated rings. The van der Waals surface area contributed by atoms with E-state index >= 15 is 0 Å². The Morgan fingerprint density at radius 3 is 2.54 bits per heavy atom. The van der Waals surface area contributed by atoms with Crippen molar-refractivity contribution in [3.05, 3.63) is 5.82 Å². The average molecular weight is 350 g/mol. The summed E-state index contributed by atoms with van der Waals surface area (Å²) in [4.78, 5) is 14.8. The first-order valence-corrected chi connectivity index (χ1v) is 10.3. The maximum absolute atomic E-state index is 12.3. The summed E-state index contributed by atoms with van der Waals surface area (Å²) in [6.45, 7) is 5.27. The lowest BCUT2D eigenvalue weighted by molar-refractivity contribution is -0.119. The molecule has 2 heterocycles. The zero-order chi connectivity index (χ0) is 16.5. The molecule has 132 valence electrons. The number of amides is 1. The highest BCUT2D eigenvalue weighted by Gasteiger charge is 2.32. The minimum Gasteiger partial charge on any atom is -0.353 e. The Kier molecular flexibility index (Phi) is 4.81. The van der Waals surface area contributed by atoms with Crippen molar-refractivity contribution in [2.24, 2.45) is 0 Å². The van der Waals surface area contributed by atoms with E-state index in [1.54, 1.807) is 0 Å². The van der Waals surface area contributed by atoms with Gasteiger partial charge in [0, 0.05) is 37.6 Å². The Hall–Kier alpha value is -1.08. The monoisotopic (exact) mass is 349 g/mol. The van der Waals surface area contributed by atoms with Crippen LogP contribution < -0.4 is 5.32 Å². The van der Waals surface area contributed by atoms with Crippen LogP contribution in [-0.2, 0) is 11.3 Å². The van der Waals surface area contributed by atoms with Crippen molar-refractivity contribution in [1.82, 2.24) is 25.0 Å². The van der Waals surface area contributed by atoms with Gasteiger partial charge in [-0.2, -0.15) is 0 Å². The van der Waals surface area contributed by atoms with Crippen molar-refractivity contribution in [1.29, 1.82) is 0 Å². The molecule has 0 unspecified atom stereocenters. The summed E-state index contributed by atoms with van der Waals surface area (Å²) in [5, 5.41) is 12.7. The summed E-state index contributed by atoms with van der Waals surface area (Å²) >= 11 is 1.52. The van der Waals surface area contributed by atoms with Crippen LogP contribution in [0.2, 0.25) is 0 Å². The first-order chi connectivity index (χ1) is 11.7. The minimum absolute atomic E-state index is 0.128. The molecule has 2 saturated carbocycles. The molecular formula is C17H27N5OS. The number of aromatic nitrogens is 3. The van der Waals surface area contributed by atoms with Gasteiger partial charge in [0.05, 0.1) is 5.75 Å². The van der Waals surface area contributed by atoms with Crippen LogP contribution in [0.4, 0.5) is 0 Å². The summed E-state index contributed by atoms with van der Waals surface area (Å²) in [5.74, 6) is 2.26. The Bertz CT molecular complexity index is 588.